The van der Waals surface area contributed by atoms with E-state index in [1.165, 1.54) is 45.4 Å². The van der Waals surface area contributed by atoms with Gasteiger partial charge in [0.1, 0.15) is 0 Å². The molecule has 1 heterocycles. The zero-order valence-corrected chi connectivity index (χ0v) is 12.3. The minimum absolute atomic E-state index is 0.822. The summed E-state index contributed by atoms with van der Waals surface area (Å²) in [6.45, 7) is 9.78. The second-order valence-electron chi connectivity index (χ2n) is 5.06. The van der Waals surface area contributed by atoms with Gasteiger partial charge in [0.25, 0.3) is 0 Å². The van der Waals surface area contributed by atoms with Crippen molar-refractivity contribution >= 4 is 22.6 Å². The van der Waals surface area contributed by atoms with Crippen molar-refractivity contribution in [2.75, 3.05) is 30.7 Å². The van der Waals surface area contributed by atoms with Gasteiger partial charge < -0.3 is 10.2 Å². The molecule has 3 heteroatoms. The molecule has 1 rings (SSSR count). The van der Waals surface area contributed by atoms with Crippen molar-refractivity contribution < 1.29 is 0 Å². The van der Waals surface area contributed by atoms with Crippen LogP contribution in [0.15, 0.2) is 0 Å². The third-order valence-corrected chi connectivity index (χ3v) is 3.69. The fourth-order valence-electron chi connectivity index (χ4n) is 2.35. The van der Waals surface area contributed by atoms with E-state index in [0.29, 0.717) is 0 Å². The molecule has 0 bridgehead atoms. The molecule has 0 amide bonds. The quantitative estimate of drug-likeness (QED) is 0.350. The minimum Gasteiger partial charge on any atom is -0.308 e. The molecule has 0 atom stereocenters. The van der Waals surface area contributed by atoms with Gasteiger partial charge in [-0.05, 0) is 50.7 Å². The van der Waals surface area contributed by atoms with Crippen LogP contribution in [0.1, 0.15) is 33.1 Å². The Morgan fingerprint density at radius 2 is 2.00 bits per heavy atom. The molecule has 0 aromatic rings. The van der Waals surface area contributed by atoms with E-state index in [-0.39, 0.29) is 0 Å². The van der Waals surface area contributed by atoms with Gasteiger partial charge in [-0.15, -0.1) is 0 Å². The Hall–Kier alpha value is 0.650. The molecule has 15 heavy (non-hydrogen) atoms. The Morgan fingerprint density at radius 1 is 1.33 bits per heavy atom. The highest BCUT2D eigenvalue weighted by Crippen LogP contribution is 2.20. The van der Waals surface area contributed by atoms with Gasteiger partial charge in [-0.25, -0.2) is 0 Å². The third kappa shape index (κ3) is 6.07. The lowest BCUT2D eigenvalue weighted by atomic mass is 9.93. The number of rotatable bonds is 6. The van der Waals surface area contributed by atoms with Crippen LogP contribution in [-0.2, 0) is 0 Å². The van der Waals surface area contributed by atoms with E-state index in [2.05, 4.69) is 46.7 Å². The molecule has 0 unspecified atom stereocenters. The molecule has 0 aromatic carbocycles. The van der Waals surface area contributed by atoms with Crippen molar-refractivity contribution in [3.8, 4) is 0 Å². The van der Waals surface area contributed by atoms with Gasteiger partial charge in [0, 0.05) is 11.1 Å². The second-order valence-corrected chi connectivity index (χ2v) is 5.82. The summed E-state index contributed by atoms with van der Waals surface area (Å²) in [6, 6.07) is 0. The van der Waals surface area contributed by atoms with Gasteiger partial charge in [0.05, 0.1) is 0 Å². The number of likely N-dealkylation sites (tertiary alicyclic amines) is 1. The summed E-state index contributed by atoms with van der Waals surface area (Å²) in [6.07, 6.45) is 4.20. The van der Waals surface area contributed by atoms with Gasteiger partial charge in [-0.3, -0.25) is 0 Å². The van der Waals surface area contributed by atoms with Crippen LogP contribution in [0.4, 0.5) is 0 Å². The SMILES string of the molecule is CC(C)CN1CCC(CCNCI)CC1. The zero-order valence-electron chi connectivity index (χ0n) is 10.1. The fourth-order valence-corrected chi connectivity index (χ4v) is 2.73. The standard InChI is InChI=1S/C12H25IN2/c1-11(2)9-15-7-4-12(5-8-15)3-6-14-10-13/h11-12,14H,3-10H2,1-2H3. The molecule has 0 radical (unpaired) electrons. The summed E-state index contributed by atoms with van der Waals surface area (Å²) in [5, 5.41) is 3.41. The van der Waals surface area contributed by atoms with Crippen LogP contribution >= 0.6 is 22.6 Å². The topological polar surface area (TPSA) is 15.3 Å². The summed E-state index contributed by atoms with van der Waals surface area (Å²) in [5.41, 5.74) is 0. The average molecular weight is 324 g/mol. The Morgan fingerprint density at radius 3 is 2.53 bits per heavy atom. The summed E-state index contributed by atoms with van der Waals surface area (Å²) in [5.74, 6) is 1.80. The lowest BCUT2D eigenvalue weighted by Crippen LogP contribution is -2.36. The molecule has 90 valence electrons. The summed E-state index contributed by atoms with van der Waals surface area (Å²) in [4.78, 5) is 2.63. The highest BCUT2D eigenvalue weighted by atomic mass is 127. The van der Waals surface area contributed by atoms with Crippen molar-refractivity contribution in [1.82, 2.24) is 10.2 Å². The molecule has 1 saturated heterocycles. The zero-order chi connectivity index (χ0) is 11.1. The second kappa shape index (κ2) is 7.85. The van der Waals surface area contributed by atoms with Crippen LogP contribution in [0, 0.1) is 11.8 Å². The number of piperidine rings is 1. The fraction of sp³-hybridized carbons (Fsp3) is 1.00. The van der Waals surface area contributed by atoms with Crippen LogP contribution in [-0.4, -0.2) is 35.6 Å². The maximum absolute atomic E-state index is 3.41. The summed E-state index contributed by atoms with van der Waals surface area (Å²) >= 11 is 2.38. The molecule has 1 aliphatic rings. The van der Waals surface area contributed by atoms with Crippen molar-refractivity contribution in [1.29, 1.82) is 0 Å². The Labute approximate surface area is 108 Å². The Kier molecular flexibility index (Phi) is 7.17. The molecule has 0 aromatic heterocycles. The van der Waals surface area contributed by atoms with E-state index in [1.807, 2.05) is 0 Å². The number of alkyl halides is 1. The largest absolute Gasteiger partial charge is 0.308 e. The monoisotopic (exact) mass is 324 g/mol. The molecule has 1 aliphatic heterocycles. The van der Waals surface area contributed by atoms with E-state index in [4.69, 9.17) is 0 Å². The van der Waals surface area contributed by atoms with Crippen LogP contribution in [0.25, 0.3) is 0 Å². The predicted octanol–water partition coefficient (Wildman–Crippen LogP) is 2.73. The molecule has 1 N–H and O–H groups in total. The van der Waals surface area contributed by atoms with E-state index in [9.17, 15) is 0 Å². The Balaban J connectivity index is 2.07. The Bertz CT molecular complexity index is 154. The number of halogens is 1. The highest BCUT2D eigenvalue weighted by Gasteiger charge is 2.18. The van der Waals surface area contributed by atoms with Gasteiger partial charge in [0.15, 0.2) is 0 Å². The predicted molar refractivity (Wildman–Crippen MR) is 75.5 cm³/mol. The minimum atomic E-state index is 0.822. The van der Waals surface area contributed by atoms with E-state index in [0.717, 1.165) is 16.4 Å². The van der Waals surface area contributed by atoms with Gasteiger partial charge in [0.2, 0.25) is 0 Å². The van der Waals surface area contributed by atoms with Crippen LogP contribution in [0.5, 0.6) is 0 Å². The summed E-state index contributed by atoms with van der Waals surface area (Å²) < 4.78 is 1.09. The summed E-state index contributed by atoms with van der Waals surface area (Å²) in [7, 11) is 0. The van der Waals surface area contributed by atoms with Crippen molar-refractivity contribution in [2.24, 2.45) is 11.8 Å². The van der Waals surface area contributed by atoms with Gasteiger partial charge >= 0.3 is 0 Å². The normalized spacial score (nSPS) is 20.0. The highest BCUT2D eigenvalue weighted by molar-refractivity contribution is 14.1. The molecule has 0 aliphatic carbocycles. The molecular weight excluding hydrogens is 299 g/mol. The lowest BCUT2D eigenvalue weighted by molar-refractivity contribution is 0.163. The number of hydrogen-bond donors (Lipinski definition) is 1. The smallest absolute Gasteiger partial charge is 0.0479 e. The maximum atomic E-state index is 3.41. The third-order valence-electron chi connectivity index (χ3n) is 3.15. The van der Waals surface area contributed by atoms with Crippen molar-refractivity contribution in [2.45, 2.75) is 33.1 Å². The molecular formula is C12H25IN2. The van der Waals surface area contributed by atoms with Gasteiger partial charge in [-0.2, -0.15) is 0 Å². The number of hydrogen-bond acceptors (Lipinski definition) is 2. The first-order valence-electron chi connectivity index (χ1n) is 6.21. The van der Waals surface area contributed by atoms with E-state index in [1.54, 1.807) is 0 Å². The molecule has 1 fully saturated rings. The van der Waals surface area contributed by atoms with Gasteiger partial charge in [-0.1, -0.05) is 36.4 Å². The van der Waals surface area contributed by atoms with Crippen LogP contribution in [0.2, 0.25) is 0 Å². The van der Waals surface area contributed by atoms with Crippen molar-refractivity contribution in [3.05, 3.63) is 0 Å². The van der Waals surface area contributed by atoms with Crippen LogP contribution < -0.4 is 5.32 Å². The first-order valence-corrected chi connectivity index (χ1v) is 7.74. The van der Waals surface area contributed by atoms with E-state index >= 15 is 0 Å². The lowest BCUT2D eigenvalue weighted by Gasteiger charge is -2.33. The number of nitrogens with one attached hydrogen (secondary N) is 1. The average Bonchev–Trinajstić information content (AvgIpc) is 2.20. The first kappa shape index (κ1) is 13.7. The van der Waals surface area contributed by atoms with Crippen LogP contribution in [0.3, 0.4) is 0 Å². The molecule has 2 nitrogen and oxygen atoms in total. The maximum Gasteiger partial charge on any atom is 0.0479 e. The first-order chi connectivity index (χ1) is 7.22. The number of nitrogens with zero attached hydrogens (tertiary/aromatic N) is 1. The van der Waals surface area contributed by atoms with E-state index < -0.39 is 0 Å². The molecule has 0 saturated carbocycles. The molecule has 0 spiro atoms. The van der Waals surface area contributed by atoms with Crippen molar-refractivity contribution in [3.63, 3.8) is 0 Å².